The van der Waals surface area contributed by atoms with E-state index in [-0.39, 0.29) is 15.9 Å². The lowest BCUT2D eigenvalue weighted by Crippen LogP contribution is -2.13. The van der Waals surface area contributed by atoms with Crippen LogP contribution in [-0.4, -0.2) is 19.3 Å². The van der Waals surface area contributed by atoms with E-state index in [0.29, 0.717) is 11.3 Å². The number of carbonyl (C=O) groups is 1. The summed E-state index contributed by atoms with van der Waals surface area (Å²) in [4.78, 5) is 16.2. The van der Waals surface area contributed by atoms with Gasteiger partial charge in [0.2, 0.25) is 10.0 Å². The zero-order valence-corrected chi connectivity index (χ0v) is 14.8. The predicted molar refractivity (Wildman–Crippen MR) is 97.9 cm³/mol. The molecule has 0 aliphatic heterocycles. The molecule has 3 rings (SSSR count). The summed E-state index contributed by atoms with van der Waals surface area (Å²) in [7, 11) is -3.83. The highest BCUT2D eigenvalue weighted by Gasteiger charge is 2.12. The molecule has 0 unspecified atom stereocenters. The van der Waals surface area contributed by atoms with E-state index in [0.717, 1.165) is 16.9 Å². The Morgan fingerprint density at radius 2 is 1.84 bits per heavy atom. The lowest BCUT2D eigenvalue weighted by Gasteiger charge is -2.12. The minimum Gasteiger partial charge on any atom is -0.433 e. The Bertz CT molecular complexity index is 982. The van der Waals surface area contributed by atoms with Crippen LogP contribution in [0, 0.1) is 6.92 Å². The molecule has 0 saturated heterocycles. The maximum Gasteiger partial charge on any atom is 0.255 e. The van der Waals surface area contributed by atoms with Crippen molar-refractivity contribution < 1.29 is 13.2 Å². The van der Waals surface area contributed by atoms with E-state index >= 15 is 0 Å². The molecule has 1 aromatic heterocycles. The molecule has 1 amide bonds. The monoisotopic (exact) mass is 372 g/mol. The molecule has 128 valence electrons. The highest BCUT2D eigenvalue weighted by atomic mass is 32.2. The van der Waals surface area contributed by atoms with Gasteiger partial charge < -0.3 is 15.0 Å². The van der Waals surface area contributed by atoms with Crippen molar-refractivity contribution in [3.8, 4) is 0 Å². The molecule has 3 aromatic rings. The minimum absolute atomic E-state index is 0.0385. The van der Waals surface area contributed by atoms with Crippen LogP contribution >= 0.6 is 11.3 Å². The molecule has 0 aliphatic carbocycles. The van der Waals surface area contributed by atoms with Crippen LogP contribution in [0.15, 0.2) is 65.0 Å². The number of carbonyl (C=O) groups excluding carboxylic acids is 1. The summed E-state index contributed by atoms with van der Waals surface area (Å²) in [5.41, 5.74) is 1.93. The highest BCUT2D eigenvalue weighted by Crippen LogP contribution is 2.29. The van der Waals surface area contributed by atoms with Crippen LogP contribution in [-0.2, 0) is 10.0 Å². The van der Waals surface area contributed by atoms with Gasteiger partial charge in [0.15, 0.2) is 0 Å². The van der Waals surface area contributed by atoms with Crippen molar-refractivity contribution in [2.45, 2.75) is 11.8 Å². The van der Waals surface area contributed by atoms with Crippen molar-refractivity contribution in [1.82, 2.24) is 4.98 Å². The van der Waals surface area contributed by atoms with Gasteiger partial charge in [-0.15, -0.1) is 0 Å². The SMILES string of the molecule is Cc1ccccc1C(=O)Nc1ccc(S(=O)(=O)[N-]c2nccs2)cc1. The Morgan fingerprint density at radius 1 is 1.12 bits per heavy atom. The molecule has 6 nitrogen and oxygen atoms in total. The summed E-state index contributed by atoms with van der Waals surface area (Å²) in [6.45, 7) is 1.85. The zero-order chi connectivity index (χ0) is 17.9. The Labute approximate surface area is 149 Å². The lowest BCUT2D eigenvalue weighted by molar-refractivity contribution is 0.102. The molecule has 0 atom stereocenters. The first-order valence-electron chi connectivity index (χ1n) is 7.30. The van der Waals surface area contributed by atoms with E-state index in [1.165, 1.54) is 30.5 Å². The summed E-state index contributed by atoms with van der Waals surface area (Å²) in [6.07, 6.45) is 1.49. The van der Waals surface area contributed by atoms with Crippen molar-refractivity contribution in [2.75, 3.05) is 5.32 Å². The van der Waals surface area contributed by atoms with Crippen LogP contribution in [0.5, 0.6) is 0 Å². The minimum atomic E-state index is -3.83. The van der Waals surface area contributed by atoms with Gasteiger partial charge in [-0.25, -0.2) is 8.42 Å². The average Bonchev–Trinajstić information content (AvgIpc) is 3.08. The van der Waals surface area contributed by atoms with E-state index in [4.69, 9.17) is 0 Å². The third kappa shape index (κ3) is 4.04. The molecule has 0 saturated carbocycles. The Balaban J connectivity index is 1.74. The van der Waals surface area contributed by atoms with Gasteiger partial charge in [0, 0.05) is 16.4 Å². The van der Waals surface area contributed by atoms with Gasteiger partial charge >= 0.3 is 0 Å². The molecular formula is C17H14N3O3S2-. The van der Waals surface area contributed by atoms with Crippen molar-refractivity contribution in [3.05, 3.63) is 76.0 Å². The van der Waals surface area contributed by atoms with Crippen LogP contribution in [0.3, 0.4) is 0 Å². The Hall–Kier alpha value is -2.71. The van der Waals surface area contributed by atoms with E-state index in [1.807, 2.05) is 19.1 Å². The normalized spacial score (nSPS) is 11.1. The van der Waals surface area contributed by atoms with Crippen molar-refractivity contribution in [3.63, 3.8) is 0 Å². The number of sulfonamides is 1. The zero-order valence-electron chi connectivity index (χ0n) is 13.2. The molecule has 0 spiro atoms. The summed E-state index contributed by atoms with van der Waals surface area (Å²) in [5, 5.41) is 4.58. The van der Waals surface area contributed by atoms with Gasteiger partial charge in [-0.3, -0.25) is 4.79 Å². The fourth-order valence-electron chi connectivity index (χ4n) is 2.15. The molecule has 25 heavy (non-hydrogen) atoms. The first-order valence-corrected chi connectivity index (χ1v) is 9.62. The molecular weight excluding hydrogens is 358 g/mol. The quantitative estimate of drug-likeness (QED) is 0.730. The van der Waals surface area contributed by atoms with Gasteiger partial charge in [-0.05, 0) is 48.2 Å². The van der Waals surface area contributed by atoms with Gasteiger partial charge in [0.05, 0.1) is 4.90 Å². The third-order valence-corrected chi connectivity index (χ3v) is 5.48. The molecule has 0 radical (unpaired) electrons. The number of thiazole rings is 1. The molecule has 8 heteroatoms. The molecule has 0 fully saturated rings. The van der Waals surface area contributed by atoms with Crippen LogP contribution in [0.1, 0.15) is 15.9 Å². The Morgan fingerprint density at radius 3 is 2.48 bits per heavy atom. The van der Waals surface area contributed by atoms with Gasteiger partial charge in [0.1, 0.15) is 0 Å². The first-order chi connectivity index (χ1) is 12.0. The smallest absolute Gasteiger partial charge is 0.255 e. The fourth-order valence-corrected chi connectivity index (χ4v) is 3.82. The standard InChI is InChI=1S/C17H15N3O3S2/c1-12-4-2-3-5-15(12)16(21)19-13-6-8-14(9-7-13)25(22,23)20-17-18-10-11-24-17/h2-11H,1H3,(H2,18,19,20,21)/p-1. The molecule has 0 aliphatic rings. The number of anilines is 1. The molecule has 2 aromatic carbocycles. The van der Waals surface area contributed by atoms with Gasteiger partial charge in [-0.2, -0.15) is 11.3 Å². The number of amides is 1. The van der Waals surface area contributed by atoms with Crippen LogP contribution < -0.4 is 5.32 Å². The predicted octanol–water partition coefficient (Wildman–Crippen LogP) is 4.10. The number of rotatable bonds is 5. The van der Waals surface area contributed by atoms with Crippen molar-refractivity contribution >= 4 is 38.1 Å². The van der Waals surface area contributed by atoms with E-state index < -0.39 is 10.0 Å². The molecule has 1 N–H and O–H groups in total. The second kappa shape index (κ2) is 7.04. The van der Waals surface area contributed by atoms with Crippen LogP contribution in [0.2, 0.25) is 0 Å². The number of hydrogen-bond acceptors (Lipinski definition) is 5. The number of benzene rings is 2. The van der Waals surface area contributed by atoms with Crippen LogP contribution in [0.4, 0.5) is 10.8 Å². The molecule has 0 bridgehead atoms. The summed E-state index contributed by atoms with van der Waals surface area (Å²) in [5.74, 6) is -0.249. The largest absolute Gasteiger partial charge is 0.433 e. The fraction of sp³-hybridized carbons (Fsp3) is 0.0588. The summed E-state index contributed by atoms with van der Waals surface area (Å²) >= 11 is 1.14. The number of nitrogens with one attached hydrogen (secondary N) is 1. The summed E-state index contributed by atoms with van der Waals surface area (Å²) in [6, 6.07) is 13.1. The number of hydrogen-bond donors (Lipinski definition) is 1. The Kier molecular flexibility index (Phi) is 4.82. The summed E-state index contributed by atoms with van der Waals surface area (Å²) < 4.78 is 28.1. The first kappa shape index (κ1) is 17.1. The van der Waals surface area contributed by atoms with E-state index in [9.17, 15) is 13.2 Å². The average molecular weight is 372 g/mol. The van der Waals surface area contributed by atoms with Crippen molar-refractivity contribution in [2.24, 2.45) is 0 Å². The highest BCUT2D eigenvalue weighted by molar-refractivity contribution is 7.94. The van der Waals surface area contributed by atoms with Crippen molar-refractivity contribution in [1.29, 1.82) is 0 Å². The maximum absolute atomic E-state index is 12.3. The van der Waals surface area contributed by atoms with E-state index in [2.05, 4.69) is 15.0 Å². The number of nitrogens with zero attached hydrogens (tertiary/aromatic N) is 2. The van der Waals surface area contributed by atoms with Gasteiger partial charge in [0.25, 0.3) is 5.91 Å². The maximum atomic E-state index is 12.3. The topological polar surface area (TPSA) is 90.2 Å². The third-order valence-electron chi connectivity index (χ3n) is 3.42. The lowest BCUT2D eigenvalue weighted by atomic mass is 10.1. The van der Waals surface area contributed by atoms with E-state index in [1.54, 1.807) is 17.5 Å². The molecule has 1 heterocycles. The van der Waals surface area contributed by atoms with Crippen LogP contribution in [0.25, 0.3) is 4.72 Å². The second-order valence-corrected chi connectivity index (χ2v) is 7.65. The second-order valence-electron chi connectivity index (χ2n) is 5.17. The number of aryl methyl sites for hydroxylation is 1. The number of aromatic nitrogens is 1. The van der Waals surface area contributed by atoms with Gasteiger partial charge in [-0.1, -0.05) is 24.4 Å².